The summed E-state index contributed by atoms with van der Waals surface area (Å²) in [6.07, 6.45) is -1.44. The van der Waals surface area contributed by atoms with Gasteiger partial charge in [0.05, 0.1) is 18.7 Å². The normalized spacial score (nSPS) is 15.7. The van der Waals surface area contributed by atoms with E-state index in [-0.39, 0.29) is 5.56 Å². The number of aromatic nitrogens is 1. The molecule has 0 spiro atoms. The van der Waals surface area contributed by atoms with E-state index in [1.807, 2.05) is 24.5 Å². The highest BCUT2D eigenvalue weighted by Gasteiger charge is 2.56. The van der Waals surface area contributed by atoms with Gasteiger partial charge in [-0.15, -0.1) is 11.8 Å². The molecule has 0 saturated heterocycles. The van der Waals surface area contributed by atoms with Crippen molar-refractivity contribution < 1.29 is 23.0 Å². The van der Waals surface area contributed by atoms with Gasteiger partial charge in [0.2, 0.25) is 0 Å². The van der Waals surface area contributed by atoms with Crippen LogP contribution in [-0.4, -0.2) is 34.3 Å². The molecule has 1 aliphatic rings. The van der Waals surface area contributed by atoms with E-state index in [9.17, 15) is 23.5 Å². The fraction of sp³-hybridized carbons (Fsp3) is 0.400. The van der Waals surface area contributed by atoms with Crippen molar-refractivity contribution in [2.24, 2.45) is 0 Å². The Bertz CT molecular complexity index is 1240. The Labute approximate surface area is 195 Å². The Balaban J connectivity index is 1.77. The molecule has 0 saturated carbocycles. The highest BCUT2D eigenvalue weighted by Crippen LogP contribution is 2.47. The average Bonchev–Trinajstić information content (AvgIpc) is 3.36. The smallest absolute Gasteiger partial charge is 0.418 e. The molecule has 4 rings (SSSR count). The molecule has 0 fully saturated rings. The highest BCUT2D eigenvalue weighted by molar-refractivity contribution is 7.98. The number of hydrogen-bond donors (Lipinski definition) is 1. The number of aliphatic hydroxyl groups is 1. The fourth-order valence-electron chi connectivity index (χ4n) is 4.72. The number of benzene rings is 2. The number of nitriles is 1. The first kappa shape index (κ1) is 23.5. The number of thioether (sulfide) groups is 1. The van der Waals surface area contributed by atoms with Gasteiger partial charge >= 0.3 is 6.18 Å². The predicted molar refractivity (Wildman–Crippen MR) is 123 cm³/mol. The van der Waals surface area contributed by atoms with E-state index in [0.717, 1.165) is 10.5 Å². The fourth-order valence-corrected chi connectivity index (χ4v) is 5.22. The van der Waals surface area contributed by atoms with Crippen LogP contribution in [0.25, 0.3) is 10.9 Å². The average molecular weight is 475 g/mol. The maximum Gasteiger partial charge on any atom is 0.418 e. The van der Waals surface area contributed by atoms with E-state index in [1.165, 1.54) is 22.5 Å². The summed E-state index contributed by atoms with van der Waals surface area (Å²) in [5, 5.41) is 21.1. The van der Waals surface area contributed by atoms with Crippen LogP contribution in [0.5, 0.6) is 5.75 Å². The molecular formula is C25H25F3N2O2S. The van der Waals surface area contributed by atoms with Crippen molar-refractivity contribution >= 4 is 22.7 Å². The second-order valence-electron chi connectivity index (χ2n) is 9.15. The number of rotatable bonds is 6. The molecule has 0 amide bonds. The van der Waals surface area contributed by atoms with Crippen LogP contribution in [0.3, 0.4) is 0 Å². The molecule has 1 N–H and O–H groups in total. The van der Waals surface area contributed by atoms with Crippen LogP contribution in [0.15, 0.2) is 47.5 Å². The molecule has 8 heteroatoms. The number of halogens is 3. The van der Waals surface area contributed by atoms with E-state index < -0.39 is 30.2 Å². The van der Waals surface area contributed by atoms with E-state index in [2.05, 4.69) is 0 Å². The minimum atomic E-state index is -4.89. The third-order valence-corrected chi connectivity index (χ3v) is 7.03. The quantitative estimate of drug-likeness (QED) is 0.457. The largest absolute Gasteiger partial charge is 0.493 e. The van der Waals surface area contributed by atoms with Gasteiger partial charge in [0, 0.05) is 34.0 Å². The number of nitrogens with zero attached hydrogens (tertiary/aromatic N) is 2. The maximum absolute atomic E-state index is 14.4. The lowest BCUT2D eigenvalue weighted by Crippen LogP contribution is -2.52. The third kappa shape index (κ3) is 4.20. The van der Waals surface area contributed by atoms with Crippen molar-refractivity contribution in [3.05, 3.63) is 59.3 Å². The summed E-state index contributed by atoms with van der Waals surface area (Å²) in [6, 6.07) is 12.7. The van der Waals surface area contributed by atoms with Gasteiger partial charge in [-0.2, -0.15) is 18.4 Å². The zero-order valence-corrected chi connectivity index (χ0v) is 19.5. The molecule has 2 aromatic carbocycles. The van der Waals surface area contributed by atoms with Crippen molar-refractivity contribution in [2.45, 2.75) is 55.3 Å². The third-order valence-electron chi connectivity index (χ3n) is 6.32. The molecule has 1 atom stereocenters. The van der Waals surface area contributed by atoms with Crippen molar-refractivity contribution in [3.63, 3.8) is 0 Å². The lowest BCUT2D eigenvalue weighted by molar-refractivity contribution is -0.271. The molecular weight excluding hydrogens is 449 g/mol. The van der Waals surface area contributed by atoms with Gasteiger partial charge in [0.25, 0.3) is 0 Å². The first-order chi connectivity index (χ1) is 15.5. The first-order valence-corrected chi connectivity index (χ1v) is 11.8. The van der Waals surface area contributed by atoms with Crippen LogP contribution in [-0.2, 0) is 18.4 Å². The standard InChI is InChI=1S/C25H25F3N2O2S/c1-23(2,20-11-18(33-3)10-16-8-9-32-22(16)20)14-24(31,25(26,27)28)15-30-13-17(12-29)19-6-4-5-7-21(19)30/h4-7,10-11,13,31H,8-9,14-15H2,1-3H3. The van der Waals surface area contributed by atoms with Crippen molar-refractivity contribution in [1.82, 2.24) is 4.57 Å². The van der Waals surface area contributed by atoms with Crippen LogP contribution in [0, 0.1) is 11.3 Å². The summed E-state index contributed by atoms with van der Waals surface area (Å²) in [5.41, 5.74) is -1.66. The molecule has 33 heavy (non-hydrogen) atoms. The van der Waals surface area contributed by atoms with Gasteiger partial charge < -0.3 is 14.4 Å². The molecule has 1 aliphatic heterocycles. The molecule has 4 nitrogen and oxygen atoms in total. The van der Waals surface area contributed by atoms with Gasteiger partial charge in [-0.1, -0.05) is 32.0 Å². The van der Waals surface area contributed by atoms with Crippen molar-refractivity contribution in [1.29, 1.82) is 5.26 Å². The van der Waals surface area contributed by atoms with Crippen molar-refractivity contribution in [3.8, 4) is 11.8 Å². The minimum absolute atomic E-state index is 0.272. The van der Waals surface area contributed by atoms with Crippen LogP contribution in [0.2, 0.25) is 0 Å². The Kier molecular flexibility index (Phi) is 5.92. The molecule has 3 aromatic rings. The van der Waals surface area contributed by atoms with Gasteiger partial charge in [-0.25, -0.2) is 0 Å². The first-order valence-electron chi connectivity index (χ1n) is 10.6. The van der Waals surface area contributed by atoms with E-state index in [0.29, 0.717) is 35.2 Å². The summed E-state index contributed by atoms with van der Waals surface area (Å²) in [4.78, 5) is 0.952. The number of hydrogen-bond acceptors (Lipinski definition) is 4. The Morgan fingerprint density at radius 1 is 1.21 bits per heavy atom. The lowest BCUT2D eigenvalue weighted by atomic mass is 9.74. The van der Waals surface area contributed by atoms with Crippen LogP contribution < -0.4 is 4.74 Å². The van der Waals surface area contributed by atoms with Crippen LogP contribution in [0.1, 0.15) is 37.0 Å². The number of para-hydroxylation sites is 1. The summed E-state index contributed by atoms with van der Waals surface area (Å²) in [7, 11) is 0. The zero-order valence-electron chi connectivity index (χ0n) is 18.7. The Morgan fingerprint density at radius 3 is 2.61 bits per heavy atom. The van der Waals surface area contributed by atoms with E-state index >= 15 is 0 Å². The van der Waals surface area contributed by atoms with Gasteiger partial charge in [0.15, 0.2) is 5.60 Å². The Hall–Kier alpha value is -2.63. The van der Waals surface area contributed by atoms with Gasteiger partial charge in [0.1, 0.15) is 11.8 Å². The molecule has 0 aliphatic carbocycles. The summed E-state index contributed by atoms with van der Waals surface area (Å²) in [6.45, 7) is 3.19. The number of ether oxygens (including phenoxy) is 1. The molecule has 174 valence electrons. The van der Waals surface area contributed by atoms with Gasteiger partial charge in [-0.3, -0.25) is 0 Å². The summed E-state index contributed by atoms with van der Waals surface area (Å²) in [5.74, 6) is 0.625. The number of alkyl halides is 3. The molecule has 1 aromatic heterocycles. The van der Waals surface area contributed by atoms with E-state index in [4.69, 9.17) is 4.74 Å². The van der Waals surface area contributed by atoms with Gasteiger partial charge in [-0.05, 0) is 41.9 Å². The lowest BCUT2D eigenvalue weighted by Gasteiger charge is -2.39. The second kappa shape index (κ2) is 8.30. The molecule has 0 radical (unpaired) electrons. The Morgan fingerprint density at radius 2 is 1.94 bits per heavy atom. The highest BCUT2D eigenvalue weighted by atomic mass is 32.2. The summed E-state index contributed by atoms with van der Waals surface area (Å²) >= 11 is 1.52. The van der Waals surface area contributed by atoms with Crippen molar-refractivity contribution in [2.75, 3.05) is 12.9 Å². The SMILES string of the molecule is CSc1cc2c(c(C(C)(C)CC(O)(Cn3cc(C#N)c4ccccc43)C(F)(F)F)c1)OCC2. The van der Waals surface area contributed by atoms with E-state index in [1.54, 1.807) is 38.1 Å². The summed E-state index contributed by atoms with van der Waals surface area (Å²) < 4.78 is 50.3. The van der Waals surface area contributed by atoms with Crippen LogP contribution in [0.4, 0.5) is 13.2 Å². The molecule has 1 unspecified atom stereocenters. The number of fused-ring (bicyclic) bond motifs is 2. The second-order valence-corrected chi connectivity index (χ2v) is 10.0. The molecule has 2 heterocycles. The van der Waals surface area contributed by atoms with Crippen LogP contribution >= 0.6 is 11.8 Å². The minimum Gasteiger partial charge on any atom is -0.493 e. The predicted octanol–water partition coefficient (Wildman–Crippen LogP) is 5.83. The zero-order chi connectivity index (χ0) is 24.0. The molecule has 0 bridgehead atoms. The topological polar surface area (TPSA) is 58.2 Å². The monoisotopic (exact) mass is 474 g/mol. The maximum atomic E-state index is 14.4.